The number of nitrogens with zero attached hydrogens (tertiary/aromatic N) is 1. The largest absolute Gasteiger partial charge is 0.338 e. The van der Waals surface area contributed by atoms with Crippen molar-refractivity contribution in [3.63, 3.8) is 0 Å². The summed E-state index contributed by atoms with van der Waals surface area (Å²) in [6.07, 6.45) is 2.55. The van der Waals surface area contributed by atoms with Crippen LogP contribution in [0.25, 0.3) is 21.7 Å². The van der Waals surface area contributed by atoms with Crippen LogP contribution >= 0.6 is 11.6 Å². The Hall–Kier alpha value is -2.97. The van der Waals surface area contributed by atoms with Crippen LogP contribution in [-0.4, -0.2) is 24.6 Å². The van der Waals surface area contributed by atoms with Gasteiger partial charge < -0.3 is 10.3 Å². The van der Waals surface area contributed by atoms with Crippen molar-refractivity contribution in [3.8, 4) is 0 Å². The summed E-state index contributed by atoms with van der Waals surface area (Å²) >= 11 is 6.22. The van der Waals surface area contributed by atoms with Gasteiger partial charge >= 0.3 is 0 Å². The van der Waals surface area contributed by atoms with Crippen molar-refractivity contribution >= 4 is 54.6 Å². The van der Waals surface area contributed by atoms with Crippen LogP contribution in [-0.2, 0) is 9.84 Å². The van der Waals surface area contributed by atoms with Crippen molar-refractivity contribution in [1.29, 1.82) is 0 Å². The number of aromatic amines is 1. The summed E-state index contributed by atoms with van der Waals surface area (Å²) in [4.78, 5) is 19.6. The van der Waals surface area contributed by atoms with Gasteiger partial charge in [-0.15, -0.1) is 0 Å². The number of H-pyrrole nitrogens is 1. The lowest BCUT2D eigenvalue weighted by molar-refractivity contribution is 0.602. The van der Waals surface area contributed by atoms with Gasteiger partial charge in [0.25, 0.3) is 5.56 Å². The molecular weight excluding hydrogens is 405 g/mol. The molecule has 6 nitrogen and oxygen atoms in total. The maximum atomic E-state index is 13.7. The first-order valence-corrected chi connectivity index (χ1v) is 10.4. The summed E-state index contributed by atoms with van der Waals surface area (Å²) in [5.74, 6) is -0.184. The summed E-state index contributed by atoms with van der Waals surface area (Å²) in [5, 5.41) is 4.38. The summed E-state index contributed by atoms with van der Waals surface area (Å²) in [6, 6.07) is 9.86. The Balaban J connectivity index is 1.99. The molecule has 0 spiro atoms. The second-order valence-corrected chi connectivity index (χ2v) is 8.68. The Bertz CT molecular complexity index is 1420. The topological polar surface area (TPSA) is 91.9 Å². The first-order chi connectivity index (χ1) is 13.2. The highest BCUT2D eigenvalue weighted by atomic mass is 35.5. The second-order valence-electron chi connectivity index (χ2n) is 6.26. The molecule has 0 aliphatic carbocycles. The van der Waals surface area contributed by atoms with E-state index in [0.29, 0.717) is 27.8 Å². The number of fused-ring (bicyclic) bond motifs is 3. The van der Waals surface area contributed by atoms with E-state index in [1.807, 2.05) is 0 Å². The van der Waals surface area contributed by atoms with Gasteiger partial charge in [0.15, 0.2) is 9.84 Å². The summed E-state index contributed by atoms with van der Waals surface area (Å²) < 4.78 is 37.4. The third-order valence-electron chi connectivity index (χ3n) is 4.30. The highest BCUT2D eigenvalue weighted by Gasteiger charge is 2.15. The average Bonchev–Trinajstić information content (AvgIpc) is 2.63. The van der Waals surface area contributed by atoms with Gasteiger partial charge in [-0.25, -0.2) is 17.8 Å². The maximum Gasteiger partial charge on any atom is 0.256 e. The van der Waals surface area contributed by atoms with Crippen LogP contribution < -0.4 is 10.9 Å². The third kappa shape index (κ3) is 3.21. The van der Waals surface area contributed by atoms with E-state index in [4.69, 9.17) is 11.6 Å². The molecule has 0 amide bonds. The highest BCUT2D eigenvalue weighted by Crippen LogP contribution is 2.32. The lowest BCUT2D eigenvalue weighted by Gasteiger charge is -2.13. The maximum absolute atomic E-state index is 13.7. The van der Waals surface area contributed by atoms with Gasteiger partial charge in [0.1, 0.15) is 11.6 Å². The summed E-state index contributed by atoms with van der Waals surface area (Å²) in [5.41, 5.74) is 0.332. The molecule has 0 fully saturated rings. The second kappa shape index (κ2) is 6.57. The van der Waals surface area contributed by atoms with Crippen LogP contribution in [0.5, 0.6) is 0 Å². The van der Waals surface area contributed by atoms with Gasteiger partial charge in [-0.05, 0) is 42.5 Å². The van der Waals surface area contributed by atoms with E-state index < -0.39 is 21.2 Å². The fourth-order valence-electron chi connectivity index (χ4n) is 2.98. The predicted octanol–water partition coefficient (Wildman–Crippen LogP) is 4.02. The summed E-state index contributed by atoms with van der Waals surface area (Å²) in [7, 11) is -3.44. The van der Waals surface area contributed by atoms with Crippen molar-refractivity contribution in [3.05, 3.63) is 69.9 Å². The molecule has 0 aliphatic heterocycles. The number of pyridine rings is 2. The number of anilines is 2. The fourth-order valence-corrected chi connectivity index (χ4v) is 3.80. The Morgan fingerprint density at radius 1 is 1.11 bits per heavy atom. The van der Waals surface area contributed by atoms with Gasteiger partial charge in [-0.2, -0.15) is 0 Å². The fraction of sp³-hybridized carbons (Fsp3) is 0.0526. The van der Waals surface area contributed by atoms with Crippen molar-refractivity contribution in [1.82, 2.24) is 9.97 Å². The van der Waals surface area contributed by atoms with Crippen molar-refractivity contribution < 1.29 is 12.8 Å². The number of aromatic nitrogens is 2. The number of hydrogen-bond acceptors (Lipinski definition) is 5. The smallest absolute Gasteiger partial charge is 0.256 e. The standard InChI is InChI=1S/C19H13ClFN3O3S/c1-28(26,27)11-3-4-14(20)16(9-11)24-18-12-6-7-22-19(25)17(12)13-8-10(21)2-5-15(13)23-18/h2-9H,1H3,(H,22,25)(H,23,24). The molecule has 0 aliphatic rings. The molecule has 0 radical (unpaired) electrons. The zero-order valence-electron chi connectivity index (χ0n) is 14.5. The zero-order valence-corrected chi connectivity index (χ0v) is 16.0. The number of rotatable bonds is 3. The van der Waals surface area contributed by atoms with Gasteiger partial charge in [-0.3, -0.25) is 4.79 Å². The monoisotopic (exact) mass is 417 g/mol. The quantitative estimate of drug-likeness (QED) is 0.491. The SMILES string of the molecule is CS(=O)(=O)c1ccc(Cl)c(Nc2nc3ccc(F)cc3c3c(=O)[nH]ccc23)c1. The molecule has 0 bridgehead atoms. The van der Waals surface area contributed by atoms with Crippen LogP contribution in [0.4, 0.5) is 15.9 Å². The van der Waals surface area contributed by atoms with Gasteiger partial charge in [0.2, 0.25) is 0 Å². The Morgan fingerprint density at radius 2 is 1.89 bits per heavy atom. The molecule has 2 aromatic carbocycles. The predicted molar refractivity (Wildman–Crippen MR) is 108 cm³/mol. The van der Waals surface area contributed by atoms with Crippen molar-refractivity contribution in [2.24, 2.45) is 0 Å². The molecular formula is C19H13ClFN3O3S. The van der Waals surface area contributed by atoms with E-state index >= 15 is 0 Å². The molecule has 4 aromatic rings. The molecule has 2 aromatic heterocycles. The molecule has 2 N–H and O–H groups in total. The van der Waals surface area contributed by atoms with E-state index in [1.54, 1.807) is 6.07 Å². The van der Waals surface area contributed by atoms with Crippen molar-refractivity contribution in [2.45, 2.75) is 4.90 Å². The molecule has 9 heteroatoms. The van der Waals surface area contributed by atoms with Gasteiger partial charge in [0, 0.05) is 23.2 Å². The van der Waals surface area contributed by atoms with E-state index in [1.165, 1.54) is 42.6 Å². The number of halogens is 2. The molecule has 0 saturated carbocycles. The minimum Gasteiger partial charge on any atom is -0.338 e. The number of benzene rings is 2. The van der Waals surface area contributed by atoms with Crippen LogP contribution in [0.15, 0.2) is 58.4 Å². The molecule has 4 rings (SSSR count). The van der Waals surface area contributed by atoms with Crippen LogP contribution in [0.2, 0.25) is 5.02 Å². The van der Waals surface area contributed by atoms with E-state index in [0.717, 1.165) is 6.26 Å². The molecule has 142 valence electrons. The highest BCUT2D eigenvalue weighted by molar-refractivity contribution is 7.90. The molecule has 0 atom stereocenters. The minimum absolute atomic E-state index is 0.0874. The molecule has 28 heavy (non-hydrogen) atoms. The van der Waals surface area contributed by atoms with E-state index in [-0.39, 0.29) is 15.3 Å². The third-order valence-corrected chi connectivity index (χ3v) is 5.74. The molecule has 2 heterocycles. The first kappa shape index (κ1) is 18.4. The van der Waals surface area contributed by atoms with Gasteiger partial charge in [0.05, 0.1) is 26.5 Å². The normalized spacial score (nSPS) is 11.8. The Kier molecular flexibility index (Phi) is 4.32. The van der Waals surface area contributed by atoms with Crippen LogP contribution in [0, 0.1) is 5.82 Å². The van der Waals surface area contributed by atoms with E-state index in [9.17, 15) is 17.6 Å². The first-order valence-electron chi connectivity index (χ1n) is 8.11. The van der Waals surface area contributed by atoms with Crippen LogP contribution in [0.1, 0.15) is 0 Å². The lowest BCUT2D eigenvalue weighted by Crippen LogP contribution is -2.08. The van der Waals surface area contributed by atoms with E-state index in [2.05, 4.69) is 15.3 Å². The molecule has 0 unspecified atom stereocenters. The van der Waals surface area contributed by atoms with Gasteiger partial charge in [-0.1, -0.05) is 11.6 Å². The Morgan fingerprint density at radius 3 is 2.64 bits per heavy atom. The lowest BCUT2D eigenvalue weighted by atomic mass is 10.1. The Labute approximate surface area is 163 Å². The van der Waals surface area contributed by atoms with Crippen LogP contribution in [0.3, 0.4) is 0 Å². The summed E-state index contributed by atoms with van der Waals surface area (Å²) in [6.45, 7) is 0. The zero-order chi connectivity index (χ0) is 20.1. The molecule has 0 saturated heterocycles. The number of sulfone groups is 1. The number of nitrogens with one attached hydrogen (secondary N) is 2. The average molecular weight is 418 g/mol. The van der Waals surface area contributed by atoms with Crippen molar-refractivity contribution in [2.75, 3.05) is 11.6 Å². The minimum atomic E-state index is -3.44. The number of hydrogen-bond donors (Lipinski definition) is 2.